The van der Waals surface area contributed by atoms with Crippen LogP contribution in [0, 0.1) is 0 Å². The zero-order valence-electron chi connectivity index (χ0n) is 12.8. The van der Waals surface area contributed by atoms with Crippen LogP contribution in [0.25, 0.3) is 0 Å². The number of amides is 1. The first kappa shape index (κ1) is 16.2. The second-order valence-corrected chi connectivity index (χ2v) is 5.14. The van der Waals surface area contributed by atoms with E-state index >= 15 is 0 Å². The Morgan fingerprint density at radius 3 is 2.45 bits per heavy atom. The van der Waals surface area contributed by atoms with Gasteiger partial charge in [0.15, 0.2) is 0 Å². The van der Waals surface area contributed by atoms with E-state index in [9.17, 15) is 4.79 Å². The molecule has 0 aliphatic heterocycles. The van der Waals surface area contributed by atoms with Gasteiger partial charge in [-0.25, -0.2) is 0 Å². The molecule has 4 heteroatoms. The van der Waals surface area contributed by atoms with E-state index in [-0.39, 0.29) is 12.5 Å². The molecule has 0 atom stereocenters. The summed E-state index contributed by atoms with van der Waals surface area (Å²) in [6.45, 7) is 0.963. The van der Waals surface area contributed by atoms with Gasteiger partial charge < -0.3 is 15.7 Å². The molecule has 0 aliphatic rings. The zero-order chi connectivity index (χ0) is 15.8. The monoisotopic (exact) mass is 298 g/mol. The molecule has 0 saturated carbocycles. The molecule has 0 unspecified atom stereocenters. The largest absolute Gasteiger partial charge is 0.396 e. The second-order valence-electron chi connectivity index (χ2n) is 5.14. The molecule has 0 spiro atoms. The number of hydrogen-bond acceptors (Lipinski definition) is 3. The van der Waals surface area contributed by atoms with Crippen molar-refractivity contribution in [1.29, 1.82) is 0 Å². The van der Waals surface area contributed by atoms with Crippen LogP contribution in [0.4, 0.5) is 5.69 Å². The predicted octanol–water partition coefficient (Wildman–Crippen LogP) is 2.24. The number of hydrogen-bond donors (Lipinski definition) is 3. The molecule has 0 aliphatic carbocycles. The van der Waals surface area contributed by atoms with E-state index in [0.717, 1.165) is 29.8 Å². The van der Waals surface area contributed by atoms with Gasteiger partial charge in [0.05, 0.1) is 0 Å². The van der Waals surface area contributed by atoms with Gasteiger partial charge in [0.25, 0.3) is 5.91 Å². The van der Waals surface area contributed by atoms with Gasteiger partial charge in [-0.3, -0.25) is 4.79 Å². The molecule has 116 valence electrons. The Morgan fingerprint density at radius 1 is 1.05 bits per heavy atom. The van der Waals surface area contributed by atoms with Gasteiger partial charge in [-0.2, -0.15) is 0 Å². The number of carbonyl (C=O) groups is 1. The molecule has 1 amide bonds. The first-order chi connectivity index (χ1) is 10.7. The van der Waals surface area contributed by atoms with Gasteiger partial charge in [-0.05, 0) is 55.8 Å². The molecular formula is C18H22N2O2. The molecule has 0 aromatic heterocycles. The Bertz CT molecular complexity index is 609. The lowest BCUT2D eigenvalue weighted by Crippen LogP contribution is -2.17. The highest BCUT2D eigenvalue weighted by Crippen LogP contribution is 2.14. The van der Waals surface area contributed by atoms with Crippen molar-refractivity contribution in [3.8, 4) is 0 Å². The molecule has 0 radical (unpaired) electrons. The van der Waals surface area contributed by atoms with Crippen molar-refractivity contribution in [2.75, 3.05) is 25.5 Å². The van der Waals surface area contributed by atoms with Crippen molar-refractivity contribution < 1.29 is 9.90 Å². The molecule has 0 fully saturated rings. The van der Waals surface area contributed by atoms with Gasteiger partial charge >= 0.3 is 0 Å². The van der Waals surface area contributed by atoms with Gasteiger partial charge in [0.2, 0.25) is 0 Å². The zero-order valence-corrected chi connectivity index (χ0v) is 12.8. The van der Waals surface area contributed by atoms with Crippen LogP contribution in [0.3, 0.4) is 0 Å². The highest BCUT2D eigenvalue weighted by molar-refractivity contribution is 6.05. The fraction of sp³-hybridized carbons (Fsp3) is 0.278. The van der Waals surface area contributed by atoms with Crippen molar-refractivity contribution >= 4 is 11.6 Å². The number of rotatable bonds is 7. The van der Waals surface area contributed by atoms with Crippen molar-refractivity contribution in [1.82, 2.24) is 5.32 Å². The first-order valence-electron chi connectivity index (χ1n) is 7.48. The van der Waals surface area contributed by atoms with E-state index in [2.05, 4.69) is 10.6 Å². The SMILES string of the molecule is CNCCc1ccccc1C(=O)Nc1ccc(CCO)cc1. The molecule has 2 aromatic carbocycles. The van der Waals surface area contributed by atoms with Crippen LogP contribution in [-0.2, 0) is 12.8 Å². The van der Waals surface area contributed by atoms with Crippen molar-refractivity contribution in [2.45, 2.75) is 12.8 Å². The van der Waals surface area contributed by atoms with E-state index in [1.165, 1.54) is 0 Å². The Balaban J connectivity index is 2.08. The van der Waals surface area contributed by atoms with Crippen molar-refractivity contribution in [3.63, 3.8) is 0 Å². The highest BCUT2D eigenvalue weighted by atomic mass is 16.2. The maximum absolute atomic E-state index is 12.4. The molecule has 3 N–H and O–H groups in total. The van der Waals surface area contributed by atoms with Crippen LogP contribution in [0.1, 0.15) is 21.5 Å². The molecule has 0 saturated heterocycles. The van der Waals surface area contributed by atoms with Gasteiger partial charge in [-0.15, -0.1) is 0 Å². The molecular weight excluding hydrogens is 276 g/mol. The first-order valence-corrected chi connectivity index (χ1v) is 7.48. The summed E-state index contributed by atoms with van der Waals surface area (Å²) in [6, 6.07) is 15.2. The molecule has 2 aromatic rings. The predicted molar refractivity (Wildman–Crippen MR) is 89.3 cm³/mol. The third-order valence-corrected chi connectivity index (χ3v) is 3.52. The van der Waals surface area contributed by atoms with Crippen molar-refractivity contribution in [3.05, 3.63) is 65.2 Å². The third kappa shape index (κ3) is 4.41. The van der Waals surface area contributed by atoms with Gasteiger partial charge in [-0.1, -0.05) is 30.3 Å². The maximum atomic E-state index is 12.4. The Hall–Kier alpha value is -2.17. The summed E-state index contributed by atoms with van der Waals surface area (Å²) < 4.78 is 0. The Labute approximate surface area is 131 Å². The summed E-state index contributed by atoms with van der Waals surface area (Å²) >= 11 is 0. The minimum atomic E-state index is -0.0957. The smallest absolute Gasteiger partial charge is 0.255 e. The van der Waals surface area contributed by atoms with Crippen molar-refractivity contribution in [2.24, 2.45) is 0 Å². The normalized spacial score (nSPS) is 10.5. The number of anilines is 1. The molecule has 22 heavy (non-hydrogen) atoms. The van der Waals surface area contributed by atoms with Crippen LogP contribution in [0.15, 0.2) is 48.5 Å². The minimum Gasteiger partial charge on any atom is -0.396 e. The van der Waals surface area contributed by atoms with Crippen LogP contribution in [-0.4, -0.2) is 31.2 Å². The number of nitrogens with one attached hydrogen (secondary N) is 2. The van der Waals surface area contributed by atoms with E-state index in [1.54, 1.807) is 0 Å². The number of benzene rings is 2. The fourth-order valence-electron chi connectivity index (χ4n) is 2.30. The quantitative estimate of drug-likeness (QED) is 0.734. The summed E-state index contributed by atoms with van der Waals surface area (Å²) in [7, 11) is 1.90. The van der Waals surface area contributed by atoms with Gasteiger partial charge in [0, 0.05) is 17.9 Å². The lowest BCUT2D eigenvalue weighted by atomic mass is 10.0. The van der Waals surface area contributed by atoms with Crippen LogP contribution in [0.2, 0.25) is 0 Å². The minimum absolute atomic E-state index is 0.0957. The molecule has 2 rings (SSSR count). The summed E-state index contributed by atoms with van der Waals surface area (Å²) in [5.74, 6) is -0.0957. The molecule has 0 heterocycles. The fourth-order valence-corrected chi connectivity index (χ4v) is 2.30. The van der Waals surface area contributed by atoms with E-state index in [1.807, 2.05) is 55.6 Å². The number of likely N-dealkylation sites (N-methyl/N-ethyl adjacent to an activating group) is 1. The second kappa shape index (κ2) is 8.32. The topological polar surface area (TPSA) is 61.4 Å². The Morgan fingerprint density at radius 2 is 1.77 bits per heavy atom. The van der Waals surface area contributed by atoms with E-state index in [0.29, 0.717) is 12.0 Å². The molecule has 0 bridgehead atoms. The summed E-state index contributed by atoms with van der Waals surface area (Å²) in [5.41, 5.74) is 3.55. The summed E-state index contributed by atoms with van der Waals surface area (Å²) in [5, 5.41) is 14.9. The van der Waals surface area contributed by atoms with Gasteiger partial charge in [0.1, 0.15) is 0 Å². The van der Waals surface area contributed by atoms with E-state index < -0.39 is 0 Å². The average molecular weight is 298 g/mol. The number of aliphatic hydroxyl groups excluding tert-OH is 1. The standard InChI is InChI=1S/C18H22N2O2/c1-19-12-10-15-4-2-3-5-17(15)18(22)20-16-8-6-14(7-9-16)11-13-21/h2-9,19,21H,10-13H2,1H3,(H,20,22). The summed E-state index contributed by atoms with van der Waals surface area (Å²) in [6.07, 6.45) is 1.44. The maximum Gasteiger partial charge on any atom is 0.255 e. The van der Waals surface area contributed by atoms with Crippen LogP contribution in [0.5, 0.6) is 0 Å². The average Bonchev–Trinajstić information content (AvgIpc) is 2.55. The highest BCUT2D eigenvalue weighted by Gasteiger charge is 2.10. The Kier molecular flexibility index (Phi) is 6.13. The number of carbonyl (C=O) groups excluding carboxylic acids is 1. The number of aliphatic hydroxyl groups is 1. The van der Waals surface area contributed by atoms with Crippen LogP contribution >= 0.6 is 0 Å². The lowest BCUT2D eigenvalue weighted by molar-refractivity contribution is 0.102. The molecule has 4 nitrogen and oxygen atoms in total. The van der Waals surface area contributed by atoms with E-state index in [4.69, 9.17) is 5.11 Å². The summed E-state index contributed by atoms with van der Waals surface area (Å²) in [4.78, 5) is 12.4. The lowest BCUT2D eigenvalue weighted by Gasteiger charge is -2.10. The third-order valence-electron chi connectivity index (χ3n) is 3.52. The van der Waals surface area contributed by atoms with Crippen LogP contribution < -0.4 is 10.6 Å².